The number of amides is 6. The molecule has 42 nitrogen and oxygen atoms in total. The normalized spacial score (nSPS) is 12.2. The lowest BCUT2D eigenvalue weighted by molar-refractivity contribution is -0.157. The molecule has 0 aliphatic rings. The molecule has 6 amide bonds. The summed E-state index contributed by atoms with van der Waals surface area (Å²) in [6, 6.07) is -2.57. The number of hydrogen-bond donors (Lipinski definition) is 8. The minimum atomic E-state index is -1.28. The third-order valence-electron chi connectivity index (χ3n) is 14.7. The maximum atomic E-state index is 12.5. The summed E-state index contributed by atoms with van der Waals surface area (Å²) in [5.74, 6) is -2.37. The molecule has 120 heavy (non-hydrogen) atoms. The highest BCUT2D eigenvalue weighted by Gasteiger charge is 2.27. The Balaban J connectivity index is 3.42. The van der Waals surface area contributed by atoms with Crippen LogP contribution in [0.25, 0.3) is 0 Å². The first-order valence-corrected chi connectivity index (χ1v) is 41.6. The summed E-state index contributed by atoms with van der Waals surface area (Å²) in [5.41, 5.74) is 10.8. The molecular weight excluding hydrogens is 1590 g/mol. The van der Waals surface area contributed by atoms with E-state index in [0.717, 1.165) is 0 Å². The van der Waals surface area contributed by atoms with E-state index in [1.807, 2.05) is 41.5 Å². The van der Waals surface area contributed by atoms with Gasteiger partial charge in [-0.2, -0.15) is 0 Å². The van der Waals surface area contributed by atoms with Crippen molar-refractivity contribution in [3.63, 3.8) is 0 Å². The molecule has 42 heteroatoms. The standard InChI is InChI=1S/C78H150N8O34/c1-77(2,3)119-71(91)11-23-99-35-47-111-59-65-115-51-39-103-27-15-83-67(87)7-19-95-31-43-107-55-61-113-49-37-101-25-13-81-69(89)9-21-97-33-45-109-57-63-117-53-41-105-29-17-85-75(93)73(79)74(80)76(94)86-18-30-106-42-54-118-64-58-110-46-34-98-22-10-70(90)82-14-26-102-38-50-114-62-56-108-44-32-96-20-8-68(88)84-16-28-104-40-52-116-66-60-112-48-36-100-24-12-72(92)120-78(4,5)6/h73-74H,7-66,79-80H2,1-6H3,(H,81,89)(H,82,90)(H,83,87)(H,84,88)(H,85,93)(H,86,94)/t73-,74-/m1/s1. The molecule has 0 bridgehead atoms. The number of ether oxygens (including phenoxy) is 26. The number of nitrogens with one attached hydrogen (secondary N) is 6. The zero-order valence-corrected chi connectivity index (χ0v) is 72.6. The first-order valence-electron chi connectivity index (χ1n) is 41.6. The summed E-state index contributed by atoms with van der Waals surface area (Å²) < 4.78 is 142. The van der Waals surface area contributed by atoms with Crippen molar-refractivity contribution in [3.8, 4) is 0 Å². The van der Waals surface area contributed by atoms with Crippen LogP contribution in [0.3, 0.4) is 0 Å². The Bertz CT molecular complexity index is 2240. The van der Waals surface area contributed by atoms with Crippen LogP contribution < -0.4 is 43.4 Å². The van der Waals surface area contributed by atoms with E-state index in [2.05, 4.69) is 31.9 Å². The molecule has 706 valence electrons. The molecule has 0 heterocycles. The number of carbonyl (C=O) groups excluding carboxylic acids is 8. The van der Waals surface area contributed by atoms with Crippen LogP contribution in [0.4, 0.5) is 0 Å². The SMILES string of the molecule is CC(C)(C)OC(=O)CCOCCOCCOCCOCCNC(=O)CCOCCOCCOCCOCCNC(=O)CCOCCOCCOCCOCCNC(=O)[C@H](N)[C@@H](N)C(=O)NCCOCCOCCOCCOCCC(=O)NCCOCCOCCOCCOCCC(=O)NCCOCCOCCOCCOCCC(=O)OC(C)(C)C. The van der Waals surface area contributed by atoms with Crippen molar-refractivity contribution in [1.82, 2.24) is 31.9 Å². The van der Waals surface area contributed by atoms with Crippen LogP contribution in [0.5, 0.6) is 0 Å². The number of carbonyl (C=O) groups is 8. The molecule has 0 saturated heterocycles. The van der Waals surface area contributed by atoms with E-state index in [-0.39, 0.29) is 153 Å². The summed E-state index contributed by atoms with van der Waals surface area (Å²) in [7, 11) is 0. The van der Waals surface area contributed by atoms with E-state index in [1.54, 1.807) is 0 Å². The largest absolute Gasteiger partial charge is 0.460 e. The second-order valence-corrected chi connectivity index (χ2v) is 27.4. The van der Waals surface area contributed by atoms with Crippen LogP contribution in [0.1, 0.15) is 80.1 Å². The highest BCUT2D eigenvalue weighted by Crippen LogP contribution is 2.09. The number of nitrogens with two attached hydrogens (primary N) is 2. The van der Waals surface area contributed by atoms with Gasteiger partial charge in [-0.3, -0.25) is 38.4 Å². The van der Waals surface area contributed by atoms with Crippen molar-refractivity contribution in [1.29, 1.82) is 0 Å². The Morgan fingerprint density at radius 2 is 0.317 bits per heavy atom. The van der Waals surface area contributed by atoms with Crippen molar-refractivity contribution in [3.05, 3.63) is 0 Å². The van der Waals surface area contributed by atoms with Crippen molar-refractivity contribution in [2.24, 2.45) is 11.5 Å². The first kappa shape index (κ1) is 115. The van der Waals surface area contributed by atoms with Crippen LogP contribution >= 0.6 is 0 Å². The van der Waals surface area contributed by atoms with Gasteiger partial charge in [0.15, 0.2) is 0 Å². The monoisotopic (exact) mass is 1740 g/mol. The van der Waals surface area contributed by atoms with E-state index >= 15 is 0 Å². The lowest BCUT2D eigenvalue weighted by Crippen LogP contribution is -2.58. The van der Waals surface area contributed by atoms with Gasteiger partial charge in [0.1, 0.15) is 23.3 Å². The number of hydrogen-bond acceptors (Lipinski definition) is 36. The third kappa shape index (κ3) is 90.4. The summed E-state index contributed by atoms with van der Waals surface area (Å²) in [5, 5.41) is 16.3. The zero-order valence-electron chi connectivity index (χ0n) is 72.6. The molecule has 0 rings (SSSR count). The van der Waals surface area contributed by atoms with Gasteiger partial charge >= 0.3 is 11.9 Å². The maximum Gasteiger partial charge on any atom is 0.308 e. The van der Waals surface area contributed by atoms with E-state index in [1.165, 1.54) is 0 Å². The molecular formula is C78H150N8O34. The van der Waals surface area contributed by atoms with Gasteiger partial charge < -0.3 is 167 Å². The second-order valence-electron chi connectivity index (χ2n) is 27.4. The van der Waals surface area contributed by atoms with Gasteiger partial charge in [-0.15, -0.1) is 0 Å². The molecule has 0 fully saturated rings. The Morgan fingerprint density at radius 3 is 0.467 bits per heavy atom. The number of esters is 2. The van der Waals surface area contributed by atoms with Gasteiger partial charge in [0.2, 0.25) is 35.4 Å². The van der Waals surface area contributed by atoms with Gasteiger partial charge in [-0.05, 0) is 41.5 Å². The Kier molecular flexibility index (Phi) is 83.4. The van der Waals surface area contributed by atoms with E-state index in [4.69, 9.17) is 135 Å². The van der Waals surface area contributed by atoms with Crippen molar-refractivity contribution < 1.29 is 162 Å². The minimum Gasteiger partial charge on any atom is -0.460 e. The average molecular weight is 1740 g/mol. The molecule has 0 unspecified atom stereocenters. The Morgan fingerprint density at radius 1 is 0.192 bits per heavy atom. The van der Waals surface area contributed by atoms with Crippen LogP contribution in [0.2, 0.25) is 0 Å². The van der Waals surface area contributed by atoms with Crippen LogP contribution in [0, 0.1) is 0 Å². The second kappa shape index (κ2) is 87.2. The molecule has 0 aliphatic heterocycles. The average Bonchev–Trinajstić information content (AvgIpc) is 0.869. The van der Waals surface area contributed by atoms with Crippen LogP contribution in [-0.2, 0) is 162 Å². The van der Waals surface area contributed by atoms with Gasteiger partial charge in [-0.25, -0.2) is 0 Å². The highest BCUT2D eigenvalue weighted by molar-refractivity contribution is 5.92. The minimum absolute atomic E-state index is 0.134. The Labute approximate surface area is 709 Å². The fraction of sp³-hybridized carbons (Fsp3) is 0.897. The predicted octanol–water partition coefficient (Wildman–Crippen LogP) is -2.24. The molecule has 0 aliphatic carbocycles. The van der Waals surface area contributed by atoms with Gasteiger partial charge in [0.25, 0.3) is 0 Å². The smallest absolute Gasteiger partial charge is 0.308 e. The summed E-state index contributed by atoms with van der Waals surface area (Å²) in [4.78, 5) is 96.4. The quantitative estimate of drug-likeness (QED) is 0.0236. The fourth-order valence-corrected chi connectivity index (χ4v) is 8.79. The zero-order chi connectivity index (χ0) is 87.8. The number of rotatable bonds is 93. The molecule has 0 aromatic carbocycles. The fourth-order valence-electron chi connectivity index (χ4n) is 8.79. The molecule has 2 atom stereocenters. The Hall–Kier alpha value is -5.28. The molecule has 0 aromatic heterocycles. The van der Waals surface area contributed by atoms with Crippen molar-refractivity contribution in [2.75, 3.05) is 356 Å². The maximum absolute atomic E-state index is 12.5. The third-order valence-corrected chi connectivity index (χ3v) is 14.7. The summed E-state index contributed by atoms with van der Waals surface area (Å²) >= 11 is 0. The molecule has 0 spiro atoms. The lowest BCUT2D eigenvalue weighted by Gasteiger charge is -2.19. The predicted molar refractivity (Wildman–Crippen MR) is 433 cm³/mol. The molecule has 10 N–H and O–H groups in total. The molecule has 0 radical (unpaired) electrons. The van der Waals surface area contributed by atoms with Gasteiger partial charge in [0, 0.05) is 65.0 Å². The van der Waals surface area contributed by atoms with E-state index in [0.29, 0.717) is 277 Å². The van der Waals surface area contributed by atoms with E-state index in [9.17, 15) is 38.4 Å². The summed E-state index contributed by atoms with van der Waals surface area (Å²) in [6.07, 6.45) is 1.24. The summed E-state index contributed by atoms with van der Waals surface area (Å²) in [6.45, 7) is 29.1. The topological polar surface area (TPSA) is 501 Å². The van der Waals surface area contributed by atoms with Crippen molar-refractivity contribution >= 4 is 47.4 Å². The van der Waals surface area contributed by atoms with Crippen LogP contribution in [0.15, 0.2) is 0 Å². The van der Waals surface area contributed by atoms with Crippen molar-refractivity contribution in [2.45, 2.75) is 103 Å². The molecule has 0 aromatic rings. The first-order chi connectivity index (χ1) is 58.2. The molecule has 0 saturated carbocycles. The van der Waals surface area contributed by atoms with Crippen LogP contribution in [-0.4, -0.2) is 427 Å². The highest BCUT2D eigenvalue weighted by atomic mass is 16.6. The van der Waals surface area contributed by atoms with Gasteiger partial charge in [-0.1, -0.05) is 0 Å². The van der Waals surface area contributed by atoms with E-state index < -0.39 is 35.1 Å². The van der Waals surface area contributed by atoms with Gasteiger partial charge in [0.05, 0.1) is 330 Å². The lowest BCUT2D eigenvalue weighted by atomic mass is 10.1.